The predicted octanol–water partition coefficient (Wildman–Crippen LogP) is 1.94. The molecule has 6 nitrogen and oxygen atoms in total. The molecule has 0 spiro atoms. The summed E-state index contributed by atoms with van der Waals surface area (Å²) in [5, 5.41) is 10.6. The van der Waals surface area contributed by atoms with Crippen LogP contribution in [0.15, 0.2) is 12.1 Å². The van der Waals surface area contributed by atoms with Crippen molar-refractivity contribution in [3.05, 3.63) is 32.8 Å². The van der Waals surface area contributed by atoms with Gasteiger partial charge in [0, 0.05) is 11.8 Å². The minimum absolute atomic E-state index is 0.0555. The number of benzene rings is 1. The first-order valence-corrected chi connectivity index (χ1v) is 5.21. The molecule has 92 valence electrons. The van der Waals surface area contributed by atoms with Gasteiger partial charge in [-0.3, -0.25) is 14.9 Å². The van der Waals surface area contributed by atoms with E-state index in [1.54, 1.807) is 6.92 Å². The van der Waals surface area contributed by atoms with Gasteiger partial charge >= 0.3 is 5.97 Å². The van der Waals surface area contributed by atoms with Crippen LogP contribution in [-0.2, 0) is 16.0 Å². The van der Waals surface area contributed by atoms with Crippen molar-refractivity contribution in [1.82, 2.24) is 0 Å². The molecule has 0 aliphatic rings. The number of nitro groups is 1. The van der Waals surface area contributed by atoms with Crippen molar-refractivity contribution in [2.24, 2.45) is 0 Å². The molecule has 0 heterocycles. The Hall–Kier alpha value is -1.82. The number of esters is 1. The van der Waals surface area contributed by atoms with Crippen molar-refractivity contribution in [3.63, 3.8) is 0 Å². The van der Waals surface area contributed by atoms with Crippen LogP contribution in [0.2, 0.25) is 5.02 Å². The number of nitrogens with zero attached hydrogens (tertiary/aromatic N) is 1. The van der Waals surface area contributed by atoms with E-state index in [1.807, 2.05) is 0 Å². The Bertz CT molecular complexity index is 462. The molecule has 17 heavy (non-hydrogen) atoms. The van der Waals surface area contributed by atoms with Crippen molar-refractivity contribution in [2.75, 3.05) is 12.3 Å². The van der Waals surface area contributed by atoms with Gasteiger partial charge in [-0.2, -0.15) is 0 Å². The van der Waals surface area contributed by atoms with Gasteiger partial charge in [0.15, 0.2) is 0 Å². The highest BCUT2D eigenvalue weighted by atomic mass is 35.5. The van der Waals surface area contributed by atoms with Crippen LogP contribution in [0, 0.1) is 10.1 Å². The van der Waals surface area contributed by atoms with Gasteiger partial charge in [-0.05, 0) is 18.6 Å². The van der Waals surface area contributed by atoms with Gasteiger partial charge in [0.05, 0.1) is 18.0 Å². The van der Waals surface area contributed by atoms with Crippen molar-refractivity contribution in [3.8, 4) is 0 Å². The average molecular weight is 259 g/mol. The molecule has 1 aromatic carbocycles. The topological polar surface area (TPSA) is 95.5 Å². The molecule has 0 aliphatic carbocycles. The summed E-state index contributed by atoms with van der Waals surface area (Å²) in [6.07, 6.45) is -0.113. The third-order valence-electron chi connectivity index (χ3n) is 2.05. The molecule has 2 N–H and O–H groups in total. The van der Waals surface area contributed by atoms with E-state index in [0.29, 0.717) is 5.56 Å². The van der Waals surface area contributed by atoms with E-state index >= 15 is 0 Å². The summed E-state index contributed by atoms with van der Waals surface area (Å²) < 4.78 is 4.73. The van der Waals surface area contributed by atoms with E-state index in [2.05, 4.69) is 0 Å². The number of nitrogen functional groups attached to an aromatic ring is 1. The van der Waals surface area contributed by atoms with Gasteiger partial charge < -0.3 is 10.5 Å². The largest absolute Gasteiger partial charge is 0.466 e. The number of nitro benzene ring substituents is 1. The van der Waals surface area contributed by atoms with Gasteiger partial charge in [-0.15, -0.1) is 0 Å². The van der Waals surface area contributed by atoms with Crippen LogP contribution in [0.4, 0.5) is 11.4 Å². The smallest absolute Gasteiger partial charge is 0.310 e. The number of nitrogens with two attached hydrogens (primary N) is 1. The van der Waals surface area contributed by atoms with Crippen LogP contribution in [0.3, 0.4) is 0 Å². The summed E-state index contributed by atoms with van der Waals surface area (Å²) in [5.41, 5.74) is 5.91. The number of halogens is 1. The molecule has 0 saturated carbocycles. The van der Waals surface area contributed by atoms with Crippen LogP contribution in [0.5, 0.6) is 0 Å². The Balaban J connectivity index is 3.03. The highest BCUT2D eigenvalue weighted by Crippen LogP contribution is 2.29. The minimum atomic E-state index is -0.629. The Morgan fingerprint density at radius 1 is 1.59 bits per heavy atom. The Labute approximate surface area is 102 Å². The maximum atomic E-state index is 11.3. The second-order valence-corrected chi connectivity index (χ2v) is 3.65. The number of rotatable bonds is 4. The van der Waals surface area contributed by atoms with Gasteiger partial charge in [-0.25, -0.2) is 0 Å². The lowest BCUT2D eigenvalue weighted by Gasteiger charge is -2.06. The summed E-state index contributed by atoms with van der Waals surface area (Å²) in [5.74, 6) is -0.490. The number of ether oxygens (including phenoxy) is 1. The van der Waals surface area contributed by atoms with Crippen LogP contribution >= 0.6 is 11.6 Å². The van der Waals surface area contributed by atoms with E-state index in [-0.39, 0.29) is 29.4 Å². The lowest BCUT2D eigenvalue weighted by molar-refractivity contribution is -0.384. The molecule has 0 aliphatic heterocycles. The zero-order valence-electron chi connectivity index (χ0n) is 9.10. The number of carbonyl (C=O) groups excluding carboxylic acids is 1. The highest BCUT2D eigenvalue weighted by molar-refractivity contribution is 6.33. The quantitative estimate of drug-likeness (QED) is 0.385. The molecule has 0 fully saturated rings. The van der Waals surface area contributed by atoms with Crippen molar-refractivity contribution >= 4 is 28.9 Å². The van der Waals surface area contributed by atoms with Gasteiger partial charge in [0.1, 0.15) is 5.02 Å². The molecule has 0 radical (unpaired) electrons. The van der Waals surface area contributed by atoms with Gasteiger partial charge in [0.25, 0.3) is 5.69 Å². The zero-order valence-corrected chi connectivity index (χ0v) is 9.86. The van der Waals surface area contributed by atoms with Crippen molar-refractivity contribution < 1.29 is 14.5 Å². The summed E-state index contributed by atoms with van der Waals surface area (Å²) in [4.78, 5) is 21.3. The minimum Gasteiger partial charge on any atom is -0.466 e. The monoisotopic (exact) mass is 258 g/mol. The van der Waals surface area contributed by atoms with Crippen molar-refractivity contribution in [2.45, 2.75) is 13.3 Å². The summed E-state index contributed by atoms with van der Waals surface area (Å²) in [7, 11) is 0. The predicted molar refractivity (Wildman–Crippen MR) is 62.9 cm³/mol. The van der Waals surface area contributed by atoms with E-state index in [9.17, 15) is 14.9 Å². The van der Waals surface area contributed by atoms with Gasteiger partial charge in [0.2, 0.25) is 0 Å². The Kier molecular flexibility index (Phi) is 4.28. The number of carbonyl (C=O) groups is 1. The maximum absolute atomic E-state index is 11.3. The van der Waals surface area contributed by atoms with Crippen LogP contribution in [-0.4, -0.2) is 17.5 Å². The van der Waals surface area contributed by atoms with Crippen LogP contribution in [0.25, 0.3) is 0 Å². The second kappa shape index (κ2) is 5.49. The molecule has 0 saturated heterocycles. The summed E-state index contributed by atoms with van der Waals surface area (Å²) >= 11 is 5.66. The van der Waals surface area contributed by atoms with E-state index in [1.165, 1.54) is 12.1 Å². The fourth-order valence-electron chi connectivity index (χ4n) is 1.28. The number of anilines is 1. The third-order valence-corrected chi connectivity index (χ3v) is 2.35. The third kappa shape index (κ3) is 3.32. The van der Waals surface area contributed by atoms with E-state index < -0.39 is 10.9 Å². The highest BCUT2D eigenvalue weighted by Gasteiger charge is 2.17. The average Bonchev–Trinajstić information content (AvgIpc) is 2.21. The second-order valence-electron chi connectivity index (χ2n) is 3.24. The molecular weight excluding hydrogens is 248 g/mol. The molecule has 0 atom stereocenters. The van der Waals surface area contributed by atoms with Crippen LogP contribution < -0.4 is 5.73 Å². The lowest BCUT2D eigenvalue weighted by Crippen LogP contribution is -2.09. The maximum Gasteiger partial charge on any atom is 0.310 e. The molecular formula is C10H11ClN2O4. The Morgan fingerprint density at radius 3 is 2.76 bits per heavy atom. The summed E-state index contributed by atoms with van der Waals surface area (Å²) in [6, 6.07) is 2.45. The standard InChI is InChI=1S/C10H11ClN2O4/c1-2-17-10(14)4-6-3-9(13(15)16)7(11)5-8(6)12/h3,5H,2,4,12H2,1H3. The molecule has 1 rings (SSSR count). The SMILES string of the molecule is CCOC(=O)Cc1cc([N+](=O)[O-])c(Cl)cc1N. The first-order valence-electron chi connectivity index (χ1n) is 4.83. The number of hydrogen-bond acceptors (Lipinski definition) is 5. The molecule has 1 aromatic rings. The van der Waals surface area contributed by atoms with Gasteiger partial charge in [-0.1, -0.05) is 11.6 Å². The molecule has 0 bridgehead atoms. The summed E-state index contributed by atoms with van der Waals surface area (Å²) in [6.45, 7) is 1.92. The molecule has 0 unspecified atom stereocenters. The normalized spacial score (nSPS) is 10.0. The first kappa shape index (κ1) is 13.2. The van der Waals surface area contributed by atoms with E-state index in [0.717, 1.165) is 0 Å². The fourth-order valence-corrected chi connectivity index (χ4v) is 1.52. The van der Waals surface area contributed by atoms with E-state index in [4.69, 9.17) is 22.1 Å². The molecule has 7 heteroatoms. The Morgan fingerprint density at radius 2 is 2.24 bits per heavy atom. The van der Waals surface area contributed by atoms with Crippen LogP contribution in [0.1, 0.15) is 12.5 Å². The molecule has 0 amide bonds. The number of hydrogen-bond donors (Lipinski definition) is 1. The molecule has 0 aromatic heterocycles. The first-order chi connectivity index (χ1) is 7.95. The van der Waals surface area contributed by atoms with Crippen molar-refractivity contribution in [1.29, 1.82) is 0 Å². The zero-order chi connectivity index (χ0) is 13.0. The fraction of sp³-hybridized carbons (Fsp3) is 0.300. The lowest BCUT2D eigenvalue weighted by atomic mass is 10.1.